The number of aromatic nitrogens is 4. The largest absolute Gasteiger partial charge is 0.452 e. The number of halogens is 6. The fourth-order valence-corrected chi connectivity index (χ4v) is 6.81. The number of rotatable bonds is 8. The normalized spacial score (nSPS) is 16.9. The number of ether oxygens (including phenoxy) is 2. The van der Waals surface area contributed by atoms with Crippen LogP contribution in [0.15, 0.2) is 73.2 Å². The Hall–Kier alpha value is -6.20. The van der Waals surface area contributed by atoms with Crippen LogP contribution in [0.2, 0.25) is 0 Å². The molecule has 0 spiro atoms. The SMILES string of the molecule is Nc1nn2cc(N3CCC(F)(F)CC3)cc(Oc3ccc([N+](=O)[O-])cc3F)c2c1-c1cccc(F)c1Oc1cc(N2CCC(F)(F)CC2)cn2nccc12. The van der Waals surface area contributed by atoms with Crippen molar-refractivity contribution in [3.05, 3.63) is 94.9 Å². The summed E-state index contributed by atoms with van der Waals surface area (Å²) in [6, 6.07) is 11.6. The van der Waals surface area contributed by atoms with Crippen molar-refractivity contribution >= 4 is 33.9 Å². The van der Waals surface area contributed by atoms with Crippen LogP contribution in [0.25, 0.3) is 22.2 Å². The van der Waals surface area contributed by atoms with E-state index in [2.05, 4.69) is 10.2 Å². The number of nitro benzene ring substituents is 1. The van der Waals surface area contributed by atoms with E-state index in [1.165, 1.54) is 45.7 Å². The van der Waals surface area contributed by atoms with E-state index in [-0.39, 0.29) is 78.7 Å². The second-order valence-electron chi connectivity index (χ2n) is 13.2. The van der Waals surface area contributed by atoms with E-state index in [4.69, 9.17) is 15.2 Å². The second kappa shape index (κ2) is 13.0. The molecule has 4 aromatic heterocycles. The molecule has 54 heavy (non-hydrogen) atoms. The van der Waals surface area contributed by atoms with E-state index in [0.29, 0.717) is 23.0 Å². The highest BCUT2D eigenvalue weighted by atomic mass is 19.3. The van der Waals surface area contributed by atoms with Crippen molar-refractivity contribution in [3.8, 4) is 34.1 Å². The van der Waals surface area contributed by atoms with Gasteiger partial charge in [-0.1, -0.05) is 12.1 Å². The zero-order chi connectivity index (χ0) is 37.9. The molecule has 0 unspecified atom stereocenters. The lowest BCUT2D eigenvalue weighted by Crippen LogP contribution is -2.39. The summed E-state index contributed by atoms with van der Waals surface area (Å²) in [6.07, 6.45) is 3.19. The van der Waals surface area contributed by atoms with Gasteiger partial charge in [0.15, 0.2) is 40.5 Å². The average molecular weight is 753 g/mol. The number of benzene rings is 2. The first-order valence-corrected chi connectivity index (χ1v) is 16.9. The summed E-state index contributed by atoms with van der Waals surface area (Å²) >= 11 is 0. The molecule has 0 amide bonds. The number of nitro groups is 1. The summed E-state index contributed by atoms with van der Waals surface area (Å²) in [5, 5.41) is 20.0. The molecular weight excluding hydrogens is 722 g/mol. The van der Waals surface area contributed by atoms with Gasteiger partial charge in [0.2, 0.25) is 0 Å². The molecule has 0 atom stereocenters. The molecule has 0 radical (unpaired) electrons. The van der Waals surface area contributed by atoms with Crippen molar-refractivity contribution in [1.82, 2.24) is 19.2 Å². The molecule has 2 fully saturated rings. The Morgan fingerprint density at radius 2 is 1.39 bits per heavy atom. The van der Waals surface area contributed by atoms with Gasteiger partial charge in [0, 0.05) is 75.6 Å². The van der Waals surface area contributed by atoms with Crippen LogP contribution in [0.4, 0.5) is 49.2 Å². The number of nitrogens with zero attached hydrogens (tertiary/aromatic N) is 7. The molecule has 280 valence electrons. The Balaban J connectivity index is 1.25. The van der Waals surface area contributed by atoms with Gasteiger partial charge in [-0.05, 0) is 18.2 Å². The molecular formula is C36H30F6N8O4. The molecule has 6 aromatic rings. The van der Waals surface area contributed by atoms with Gasteiger partial charge in [-0.15, -0.1) is 5.10 Å². The first-order valence-electron chi connectivity index (χ1n) is 16.9. The molecule has 0 saturated carbocycles. The smallest absolute Gasteiger partial charge is 0.272 e. The summed E-state index contributed by atoms with van der Waals surface area (Å²) in [5.74, 6) is -8.23. The fourth-order valence-electron chi connectivity index (χ4n) is 6.81. The fraction of sp³-hybridized carbons (Fsp3) is 0.278. The number of fused-ring (bicyclic) bond motifs is 2. The topological polar surface area (TPSA) is 129 Å². The Morgan fingerprint density at radius 1 is 0.759 bits per heavy atom. The highest BCUT2D eigenvalue weighted by molar-refractivity contribution is 5.95. The van der Waals surface area contributed by atoms with Gasteiger partial charge in [-0.25, -0.2) is 35.4 Å². The number of non-ortho nitro benzene ring substituents is 1. The summed E-state index contributed by atoms with van der Waals surface area (Å²) in [4.78, 5) is 13.9. The highest BCUT2D eigenvalue weighted by Crippen LogP contribution is 2.46. The minimum Gasteiger partial charge on any atom is -0.452 e. The molecule has 18 heteroatoms. The number of hydrogen-bond donors (Lipinski definition) is 1. The summed E-state index contributed by atoms with van der Waals surface area (Å²) < 4.78 is 103. The van der Waals surface area contributed by atoms with Crippen molar-refractivity contribution in [3.63, 3.8) is 0 Å². The molecule has 2 aliphatic rings. The third-order valence-electron chi connectivity index (χ3n) is 9.68. The van der Waals surface area contributed by atoms with Crippen LogP contribution in [0.1, 0.15) is 25.7 Å². The van der Waals surface area contributed by atoms with Gasteiger partial charge in [0.05, 0.1) is 46.5 Å². The third kappa shape index (κ3) is 6.51. The maximum absolute atomic E-state index is 16.0. The molecule has 0 aliphatic carbocycles. The van der Waals surface area contributed by atoms with Crippen molar-refractivity contribution in [2.45, 2.75) is 37.5 Å². The van der Waals surface area contributed by atoms with E-state index >= 15 is 8.78 Å². The lowest BCUT2D eigenvalue weighted by Gasteiger charge is -2.33. The van der Waals surface area contributed by atoms with Gasteiger partial charge >= 0.3 is 0 Å². The zero-order valence-electron chi connectivity index (χ0n) is 28.2. The van der Waals surface area contributed by atoms with E-state index in [0.717, 1.165) is 12.1 Å². The Bertz CT molecular complexity index is 2420. The quantitative estimate of drug-likeness (QED) is 0.0925. The Kier molecular flexibility index (Phi) is 8.41. The first kappa shape index (κ1) is 34.9. The van der Waals surface area contributed by atoms with Gasteiger partial charge in [0.1, 0.15) is 11.0 Å². The van der Waals surface area contributed by atoms with Crippen LogP contribution in [0, 0.1) is 21.7 Å². The van der Waals surface area contributed by atoms with Crippen LogP contribution in [-0.2, 0) is 0 Å². The minimum absolute atomic E-state index is 0.0166. The molecule has 6 heterocycles. The number of hydrogen-bond acceptors (Lipinski definition) is 9. The Morgan fingerprint density at radius 3 is 2.02 bits per heavy atom. The van der Waals surface area contributed by atoms with Crippen molar-refractivity contribution in [2.24, 2.45) is 0 Å². The lowest BCUT2D eigenvalue weighted by molar-refractivity contribution is -0.385. The van der Waals surface area contributed by atoms with Crippen LogP contribution >= 0.6 is 0 Å². The number of pyridine rings is 2. The average Bonchev–Trinajstić information content (AvgIpc) is 3.74. The maximum atomic E-state index is 16.0. The zero-order valence-corrected chi connectivity index (χ0v) is 28.2. The number of anilines is 3. The van der Waals surface area contributed by atoms with E-state index in [1.54, 1.807) is 28.1 Å². The van der Waals surface area contributed by atoms with Gasteiger partial charge in [-0.2, -0.15) is 5.10 Å². The lowest BCUT2D eigenvalue weighted by atomic mass is 10.0. The van der Waals surface area contributed by atoms with Gasteiger partial charge in [-0.3, -0.25) is 10.1 Å². The summed E-state index contributed by atoms with van der Waals surface area (Å²) in [6.45, 7) is 0.112. The molecule has 8 rings (SSSR count). The first-order chi connectivity index (χ1) is 25.7. The van der Waals surface area contributed by atoms with Gasteiger partial charge in [0.25, 0.3) is 17.5 Å². The van der Waals surface area contributed by atoms with Crippen molar-refractivity contribution in [2.75, 3.05) is 41.7 Å². The van der Waals surface area contributed by atoms with E-state index in [1.807, 2.05) is 0 Å². The minimum atomic E-state index is -2.84. The van der Waals surface area contributed by atoms with Crippen LogP contribution in [0.3, 0.4) is 0 Å². The summed E-state index contributed by atoms with van der Waals surface area (Å²) in [5.41, 5.74) is 7.67. The summed E-state index contributed by atoms with van der Waals surface area (Å²) in [7, 11) is 0. The number of alkyl halides is 4. The van der Waals surface area contributed by atoms with Crippen LogP contribution in [-0.4, -0.2) is 62.2 Å². The molecule has 12 nitrogen and oxygen atoms in total. The molecule has 2 aromatic carbocycles. The van der Waals surface area contributed by atoms with Crippen LogP contribution < -0.4 is 25.0 Å². The van der Waals surface area contributed by atoms with Crippen molar-refractivity contribution in [1.29, 1.82) is 0 Å². The Labute approximate surface area is 302 Å². The van der Waals surface area contributed by atoms with Crippen molar-refractivity contribution < 1.29 is 40.7 Å². The standard InChI is InChI=1S/C36H30F6N8O4/c37-25-3-1-2-24(33(25)54-29-17-22(19-48-27(29)6-11-44-48)46-12-7-35(39,40)8-13-46)31-32-30(53-28-5-4-21(50(51)52)16-26(28)38)18-23(20-49(32)45-34(31)43)47-14-9-36(41,42)10-15-47/h1-6,11,16-20H,7-10,12-15H2,(H2,43,45). The van der Waals surface area contributed by atoms with E-state index in [9.17, 15) is 27.7 Å². The molecule has 2 aliphatic heterocycles. The third-order valence-corrected chi connectivity index (χ3v) is 9.68. The number of piperidine rings is 2. The number of para-hydroxylation sites is 1. The maximum Gasteiger partial charge on any atom is 0.272 e. The molecule has 0 bridgehead atoms. The monoisotopic (exact) mass is 752 g/mol. The second-order valence-corrected chi connectivity index (χ2v) is 13.2. The predicted octanol–water partition coefficient (Wildman–Crippen LogP) is 8.47. The highest BCUT2D eigenvalue weighted by Gasteiger charge is 2.36. The molecule has 2 N–H and O–H groups in total. The predicted molar refractivity (Wildman–Crippen MR) is 186 cm³/mol. The van der Waals surface area contributed by atoms with Gasteiger partial charge < -0.3 is 25.0 Å². The van der Waals surface area contributed by atoms with Crippen LogP contribution in [0.5, 0.6) is 23.0 Å². The number of nitrogen functional groups attached to an aromatic ring is 1. The molecule has 2 saturated heterocycles. The van der Waals surface area contributed by atoms with E-state index < -0.39 is 52.7 Å². The number of nitrogens with two attached hydrogens (primary N) is 1.